The highest BCUT2D eigenvalue weighted by atomic mass is 32.1. The molecule has 28 heavy (non-hydrogen) atoms. The van der Waals surface area contributed by atoms with Gasteiger partial charge in [0, 0.05) is 25.8 Å². The first-order chi connectivity index (χ1) is 13.8. The number of hydrogen-bond donors (Lipinski definition) is 1. The van der Waals surface area contributed by atoms with Crippen molar-refractivity contribution in [2.45, 2.75) is 6.42 Å². The van der Waals surface area contributed by atoms with Crippen molar-refractivity contribution in [2.24, 2.45) is 0 Å². The molecule has 0 aliphatic carbocycles. The third-order valence-corrected chi connectivity index (χ3v) is 6.00. The average Bonchev–Trinajstić information content (AvgIpc) is 3.44. The Labute approximate surface area is 171 Å². The normalized spacial score (nSPS) is 11.0. The Morgan fingerprint density at radius 3 is 2.29 bits per heavy atom. The Balaban J connectivity index is 1.71. The summed E-state index contributed by atoms with van der Waals surface area (Å²) in [7, 11) is 1.65. The first kappa shape index (κ1) is 18.7. The van der Waals surface area contributed by atoms with Gasteiger partial charge in [-0.05, 0) is 47.5 Å². The van der Waals surface area contributed by atoms with E-state index in [0.717, 1.165) is 33.1 Å². The van der Waals surface area contributed by atoms with Crippen LogP contribution in [0.4, 0.5) is 0 Å². The molecule has 4 aromatic rings. The number of amides is 1. The summed E-state index contributed by atoms with van der Waals surface area (Å²) in [5.41, 5.74) is 3.80. The maximum atomic E-state index is 12.4. The molecule has 7 heteroatoms. The maximum absolute atomic E-state index is 12.4. The van der Waals surface area contributed by atoms with Crippen LogP contribution in [0.15, 0.2) is 53.2 Å². The lowest BCUT2D eigenvalue weighted by molar-refractivity contribution is 0.0948. The molecule has 1 aromatic carbocycles. The van der Waals surface area contributed by atoms with E-state index < -0.39 is 0 Å². The fraction of sp³-hybridized carbons (Fsp3) is 0.190. The molecule has 0 atom stereocenters. The van der Waals surface area contributed by atoms with Crippen molar-refractivity contribution in [1.29, 1.82) is 0 Å². The van der Waals surface area contributed by atoms with Crippen molar-refractivity contribution in [2.75, 3.05) is 20.3 Å². The summed E-state index contributed by atoms with van der Waals surface area (Å²) in [6.45, 7) is 1.20. The zero-order valence-corrected chi connectivity index (χ0v) is 17.0. The molecule has 0 radical (unpaired) electrons. The molecule has 1 amide bonds. The summed E-state index contributed by atoms with van der Waals surface area (Å²) in [5.74, 6) is -0.111. The standard InChI is InChI=1S/C21H19N3O2S2/c1-26-10-4-9-22-21(25)14-7-8-15-16(13-14)24-20(18-6-3-12-28-18)19(23-15)17-5-2-11-27-17/h2-3,5-8,11-13H,4,9-10H2,1H3,(H,22,25). The van der Waals surface area contributed by atoms with Gasteiger partial charge in [0.25, 0.3) is 5.91 Å². The number of benzene rings is 1. The molecule has 3 aromatic heterocycles. The second-order valence-electron chi connectivity index (χ2n) is 6.18. The largest absolute Gasteiger partial charge is 0.385 e. The van der Waals surface area contributed by atoms with Crippen molar-refractivity contribution in [3.63, 3.8) is 0 Å². The zero-order valence-electron chi connectivity index (χ0n) is 15.3. The van der Waals surface area contributed by atoms with Gasteiger partial charge in [0.15, 0.2) is 0 Å². The number of carbonyl (C=O) groups excluding carboxylic acids is 1. The van der Waals surface area contributed by atoms with Crippen molar-refractivity contribution >= 4 is 39.6 Å². The van der Waals surface area contributed by atoms with Gasteiger partial charge in [-0.25, -0.2) is 9.97 Å². The van der Waals surface area contributed by atoms with Gasteiger partial charge in [-0.2, -0.15) is 0 Å². The minimum atomic E-state index is -0.111. The quantitative estimate of drug-likeness (QED) is 0.443. The lowest BCUT2D eigenvalue weighted by atomic mass is 10.1. The number of methoxy groups -OCH3 is 1. The Hall–Kier alpha value is -2.61. The first-order valence-corrected chi connectivity index (χ1v) is 10.7. The second kappa shape index (κ2) is 8.60. The van der Waals surface area contributed by atoms with Crippen molar-refractivity contribution in [3.05, 3.63) is 58.8 Å². The van der Waals surface area contributed by atoms with E-state index in [0.29, 0.717) is 24.2 Å². The van der Waals surface area contributed by atoms with Crippen LogP contribution in [-0.4, -0.2) is 36.1 Å². The Morgan fingerprint density at radius 1 is 1.00 bits per heavy atom. The summed E-state index contributed by atoms with van der Waals surface area (Å²) in [6.07, 6.45) is 0.780. The summed E-state index contributed by atoms with van der Waals surface area (Å²) in [5, 5.41) is 6.98. The van der Waals surface area contributed by atoms with Gasteiger partial charge >= 0.3 is 0 Å². The van der Waals surface area contributed by atoms with Crippen LogP contribution in [0.25, 0.3) is 32.2 Å². The van der Waals surface area contributed by atoms with E-state index in [2.05, 4.69) is 11.4 Å². The Bertz CT molecular complexity index is 1080. The number of carbonyl (C=O) groups is 1. The van der Waals surface area contributed by atoms with Crippen LogP contribution in [0.1, 0.15) is 16.8 Å². The number of nitrogens with one attached hydrogen (secondary N) is 1. The molecule has 0 unspecified atom stereocenters. The van der Waals surface area contributed by atoms with Crippen LogP contribution in [-0.2, 0) is 4.74 Å². The number of rotatable bonds is 7. The van der Waals surface area contributed by atoms with Crippen LogP contribution < -0.4 is 5.32 Å². The number of ether oxygens (including phenoxy) is 1. The van der Waals surface area contributed by atoms with Gasteiger partial charge in [-0.3, -0.25) is 4.79 Å². The van der Waals surface area contributed by atoms with E-state index in [1.54, 1.807) is 35.8 Å². The molecular weight excluding hydrogens is 390 g/mol. The van der Waals surface area contributed by atoms with Crippen LogP contribution in [0.3, 0.4) is 0 Å². The summed E-state index contributed by atoms with van der Waals surface area (Å²) >= 11 is 3.28. The van der Waals surface area contributed by atoms with Gasteiger partial charge in [0.1, 0.15) is 11.4 Å². The molecule has 3 heterocycles. The third-order valence-electron chi connectivity index (χ3n) is 4.25. The summed E-state index contributed by atoms with van der Waals surface area (Å²) in [6, 6.07) is 13.6. The van der Waals surface area contributed by atoms with Gasteiger partial charge in [-0.1, -0.05) is 12.1 Å². The van der Waals surface area contributed by atoms with Gasteiger partial charge in [-0.15, -0.1) is 22.7 Å². The molecule has 4 rings (SSSR count). The summed E-state index contributed by atoms with van der Waals surface area (Å²) < 4.78 is 5.01. The van der Waals surface area contributed by atoms with E-state index in [1.165, 1.54) is 0 Å². The SMILES string of the molecule is COCCCNC(=O)c1ccc2nc(-c3cccs3)c(-c3cccs3)nc2c1. The van der Waals surface area contributed by atoms with Crippen LogP contribution in [0, 0.1) is 0 Å². The minimum Gasteiger partial charge on any atom is -0.385 e. The number of nitrogens with zero attached hydrogens (tertiary/aromatic N) is 2. The van der Waals surface area contributed by atoms with E-state index >= 15 is 0 Å². The molecule has 142 valence electrons. The molecular formula is C21H19N3O2S2. The van der Waals surface area contributed by atoms with Gasteiger partial charge in [0.05, 0.1) is 20.8 Å². The maximum Gasteiger partial charge on any atom is 0.251 e. The lowest BCUT2D eigenvalue weighted by Gasteiger charge is -2.09. The van der Waals surface area contributed by atoms with Crippen LogP contribution in [0.2, 0.25) is 0 Å². The predicted molar refractivity (Wildman–Crippen MR) is 115 cm³/mol. The Kier molecular flexibility index (Phi) is 5.76. The molecule has 1 N–H and O–H groups in total. The zero-order chi connectivity index (χ0) is 19.3. The predicted octanol–water partition coefficient (Wildman–Crippen LogP) is 4.85. The fourth-order valence-corrected chi connectivity index (χ4v) is 4.32. The van der Waals surface area contributed by atoms with E-state index in [4.69, 9.17) is 14.7 Å². The molecule has 0 spiro atoms. The Morgan fingerprint density at radius 2 is 1.68 bits per heavy atom. The number of fused-ring (bicyclic) bond motifs is 1. The molecule has 0 saturated carbocycles. The topological polar surface area (TPSA) is 64.1 Å². The third kappa shape index (κ3) is 3.96. The highest BCUT2D eigenvalue weighted by Gasteiger charge is 2.16. The van der Waals surface area contributed by atoms with Crippen LogP contribution >= 0.6 is 22.7 Å². The van der Waals surface area contributed by atoms with Crippen molar-refractivity contribution < 1.29 is 9.53 Å². The van der Waals surface area contributed by atoms with Gasteiger partial charge < -0.3 is 10.1 Å². The smallest absolute Gasteiger partial charge is 0.251 e. The molecule has 0 fully saturated rings. The van der Waals surface area contributed by atoms with Crippen molar-refractivity contribution in [3.8, 4) is 21.1 Å². The highest BCUT2D eigenvalue weighted by molar-refractivity contribution is 7.14. The van der Waals surface area contributed by atoms with Crippen molar-refractivity contribution in [1.82, 2.24) is 15.3 Å². The minimum absolute atomic E-state index is 0.111. The molecule has 5 nitrogen and oxygen atoms in total. The molecule has 0 aliphatic rings. The fourth-order valence-electron chi connectivity index (χ4n) is 2.89. The molecule has 0 saturated heterocycles. The summed E-state index contributed by atoms with van der Waals surface area (Å²) in [4.78, 5) is 24.3. The average molecular weight is 410 g/mol. The number of thiophene rings is 2. The van der Waals surface area contributed by atoms with Crippen LogP contribution in [0.5, 0.6) is 0 Å². The molecule has 0 bridgehead atoms. The number of aromatic nitrogens is 2. The monoisotopic (exact) mass is 409 g/mol. The van der Waals surface area contributed by atoms with E-state index in [1.807, 2.05) is 41.1 Å². The van der Waals surface area contributed by atoms with Gasteiger partial charge in [0.2, 0.25) is 0 Å². The molecule has 0 aliphatic heterocycles. The number of hydrogen-bond acceptors (Lipinski definition) is 6. The first-order valence-electron chi connectivity index (χ1n) is 8.93. The highest BCUT2D eigenvalue weighted by Crippen LogP contribution is 2.35. The van der Waals surface area contributed by atoms with E-state index in [9.17, 15) is 4.79 Å². The second-order valence-corrected chi connectivity index (χ2v) is 8.08. The lowest BCUT2D eigenvalue weighted by Crippen LogP contribution is -2.25. The van der Waals surface area contributed by atoms with E-state index in [-0.39, 0.29) is 5.91 Å².